The van der Waals surface area contributed by atoms with Gasteiger partial charge in [-0.3, -0.25) is 0 Å². The molecule has 2 amide bonds. The molecule has 112 valence electrons. The monoisotopic (exact) mass is 308 g/mol. The Morgan fingerprint density at radius 1 is 1.24 bits per heavy atom. The third-order valence-corrected chi connectivity index (χ3v) is 4.78. The molecule has 2 N–H and O–H groups in total. The van der Waals surface area contributed by atoms with Gasteiger partial charge >= 0.3 is 12.0 Å². The summed E-state index contributed by atoms with van der Waals surface area (Å²) in [5.41, 5.74) is 0.553. The lowest BCUT2D eigenvalue weighted by molar-refractivity contribution is 0.0697. The van der Waals surface area contributed by atoms with E-state index >= 15 is 0 Å². The molecule has 0 radical (unpaired) electrons. The van der Waals surface area contributed by atoms with E-state index in [0.717, 1.165) is 13.1 Å². The Morgan fingerprint density at radius 2 is 1.90 bits per heavy atom. The molecule has 0 aromatic heterocycles. The molecule has 1 aromatic carbocycles. The molecule has 2 atom stereocenters. The lowest BCUT2D eigenvalue weighted by Crippen LogP contribution is -2.33. The zero-order valence-electron chi connectivity index (χ0n) is 11.5. The molecule has 6 heteroatoms. The Morgan fingerprint density at radius 3 is 2.48 bits per heavy atom. The average Bonchev–Trinajstić information content (AvgIpc) is 2.98. The summed E-state index contributed by atoms with van der Waals surface area (Å²) in [6.45, 7) is 1.63. The fourth-order valence-electron chi connectivity index (χ4n) is 3.37. The zero-order valence-corrected chi connectivity index (χ0v) is 12.3. The van der Waals surface area contributed by atoms with Gasteiger partial charge in [0.25, 0.3) is 0 Å². The molecular weight excluding hydrogens is 292 g/mol. The van der Waals surface area contributed by atoms with Gasteiger partial charge in [0, 0.05) is 18.8 Å². The molecule has 0 spiro atoms. The summed E-state index contributed by atoms with van der Waals surface area (Å²) in [5.74, 6) is 0.215. The predicted molar refractivity (Wildman–Crippen MR) is 79.8 cm³/mol. The number of carboxylic acid groups (broad SMARTS) is 1. The number of hydrogen-bond acceptors (Lipinski definition) is 2. The largest absolute Gasteiger partial charge is 0.478 e. The van der Waals surface area contributed by atoms with Crippen molar-refractivity contribution in [3.63, 3.8) is 0 Å². The second-order valence-corrected chi connectivity index (χ2v) is 6.19. The number of rotatable bonds is 2. The Balaban J connectivity index is 1.65. The van der Waals surface area contributed by atoms with Gasteiger partial charge in [0.2, 0.25) is 0 Å². The number of fused-ring (bicyclic) bond motifs is 1. The normalized spacial score (nSPS) is 24.0. The second-order valence-electron chi connectivity index (χ2n) is 5.79. The van der Waals surface area contributed by atoms with Crippen molar-refractivity contribution >= 4 is 29.3 Å². The minimum Gasteiger partial charge on any atom is -0.478 e. The van der Waals surface area contributed by atoms with Crippen LogP contribution in [0, 0.1) is 11.8 Å². The van der Waals surface area contributed by atoms with E-state index in [1.807, 2.05) is 4.90 Å². The van der Waals surface area contributed by atoms with Crippen molar-refractivity contribution in [1.29, 1.82) is 0 Å². The van der Waals surface area contributed by atoms with Crippen LogP contribution in [0.4, 0.5) is 10.5 Å². The average molecular weight is 309 g/mol. The van der Waals surface area contributed by atoms with E-state index in [2.05, 4.69) is 5.32 Å². The van der Waals surface area contributed by atoms with Gasteiger partial charge in [-0.25, -0.2) is 9.59 Å². The molecule has 1 heterocycles. The summed E-state index contributed by atoms with van der Waals surface area (Å²) >= 11 is 5.90. The highest BCUT2D eigenvalue weighted by Gasteiger charge is 2.37. The molecule has 0 bridgehead atoms. The van der Waals surface area contributed by atoms with Gasteiger partial charge in [0.05, 0.1) is 10.6 Å². The van der Waals surface area contributed by atoms with Crippen LogP contribution in [0.25, 0.3) is 0 Å². The first-order valence-electron chi connectivity index (χ1n) is 7.13. The van der Waals surface area contributed by atoms with Crippen LogP contribution in [0.15, 0.2) is 18.2 Å². The summed E-state index contributed by atoms with van der Waals surface area (Å²) < 4.78 is 0. The summed E-state index contributed by atoms with van der Waals surface area (Å²) in [6, 6.07) is 4.30. The number of nitrogens with one attached hydrogen (secondary N) is 1. The quantitative estimate of drug-likeness (QED) is 0.880. The van der Waals surface area contributed by atoms with E-state index in [1.54, 1.807) is 6.07 Å². The van der Waals surface area contributed by atoms with Crippen LogP contribution in [0.1, 0.15) is 29.6 Å². The molecule has 1 saturated heterocycles. The number of carboxylic acids is 1. The molecule has 1 saturated carbocycles. The lowest BCUT2D eigenvalue weighted by Gasteiger charge is -2.18. The molecule has 3 rings (SSSR count). The van der Waals surface area contributed by atoms with E-state index in [1.165, 1.54) is 31.4 Å². The molecule has 2 aliphatic rings. The highest BCUT2D eigenvalue weighted by atomic mass is 35.5. The number of carbonyl (C=O) groups is 2. The Kier molecular flexibility index (Phi) is 3.76. The van der Waals surface area contributed by atoms with E-state index in [0.29, 0.717) is 17.5 Å². The molecular formula is C15H17ClN2O3. The SMILES string of the molecule is O=C(O)c1ccc(NC(=O)N2CC3CCCC3C2)cc1Cl. The highest BCUT2D eigenvalue weighted by molar-refractivity contribution is 6.33. The van der Waals surface area contributed by atoms with Crippen molar-refractivity contribution in [2.24, 2.45) is 11.8 Å². The third-order valence-electron chi connectivity index (χ3n) is 4.46. The number of anilines is 1. The number of likely N-dealkylation sites (tertiary alicyclic amines) is 1. The topological polar surface area (TPSA) is 69.6 Å². The van der Waals surface area contributed by atoms with E-state index in [4.69, 9.17) is 16.7 Å². The first-order chi connectivity index (χ1) is 10.0. The van der Waals surface area contributed by atoms with Crippen LogP contribution in [-0.2, 0) is 0 Å². The first kappa shape index (κ1) is 14.2. The molecule has 21 heavy (non-hydrogen) atoms. The maximum absolute atomic E-state index is 12.2. The van der Waals surface area contributed by atoms with Gasteiger partial charge in [-0.15, -0.1) is 0 Å². The van der Waals surface area contributed by atoms with Crippen LogP contribution in [0.3, 0.4) is 0 Å². The van der Waals surface area contributed by atoms with E-state index in [-0.39, 0.29) is 16.6 Å². The predicted octanol–water partition coefficient (Wildman–Crippen LogP) is 3.30. The van der Waals surface area contributed by atoms with Crippen LogP contribution in [0.2, 0.25) is 5.02 Å². The molecule has 1 aliphatic heterocycles. The number of carbonyl (C=O) groups excluding carboxylic acids is 1. The number of nitrogens with zero attached hydrogens (tertiary/aromatic N) is 1. The van der Waals surface area contributed by atoms with Gasteiger partial charge in [0.15, 0.2) is 0 Å². The fourth-order valence-corrected chi connectivity index (χ4v) is 3.63. The van der Waals surface area contributed by atoms with E-state index < -0.39 is 5.97 Å². The minimum atomic E-state index is -1.08. The number of hydrogen-bond donors (Lipinski definition) is 2. The van der Waals surface area contributed by atoms with Crippen molar-refractivity contribution < 1.29 is 14.7 Å². The summed E-state index contributed by atoms with van der Waals surface area (Å²) in [6.07, 6.45) is 3.71. The smallest absolute Gasteiger partial charge is 0.337 e. The van der Waals surface area contributed by atoms with Crippen molar-refractivity contribution in [3.8, 4) is 0 Å². The van der Waals surface area contributed by atoms with Crippen molar-refractivity contribution in [2.75, 3.05) is 18.4 Å². The zero-order chi connectivity index (χ0) is 15.0. The maximum atomic E-state index is 12.2. The van der Waals surface area contributed by atoms with E-state index in [9.17, 15) is 9.59 Å². The first-order valence-corrected chi connectivity index (χ1v) is 7.51. The molecule has 5 nitrogen and oxygen atoms in total. The number of halogens is 1. The number of aromatic carboxylic acids is 1. The minimum absolute atomic E-state index is 0.0328. The van der Waals surface area contributed by atoms with Gasteiger partial charge < -0.3 is 15.3 Å². The summed E-state index contributed by atoms with van der Waals surface area (Å²) in [5, 5.41) is 11.8. The highest BCUT2D eigenvalue weighted by Crippen LogP contribution is 2.37. The van der Waals surface area contributed by atoms with Gasteiger partial charge in [-0.2, -0.15) is 0 Å². The molecule has 2 fully saturated rings. The third kappa shape index (κ3) is 2.83. The van der Waals surface area contributed by atoms with Crippen molar-refractivity contribution in [2.45, 2.75) is 19.3 Å². The summed E-state index contributed by atoms with van der Waals surface area (Å²) in [4.78, 5) is 25.0. The van der Waals surface area contributed by atoms with Crippen molar-refractivity contribution in [1.82, 2.24) is 4.90 Å². The van der Waals surface area contributed by atoms with Gasteiger partial charge in [0.1, 0.15) is 0 Å². The molecule has 1 aliphatic carbocycles. The summed E-state index contributed by atoms with van der Waals surface area (Å²) in [7, 11) is 0. The number of benzene rings is 1. The molecule has 1 aromatic rings. The Hall–Kier alpha value is -1.75. The van der Waals surface area contributed by atoms with Crippen LogP contribution < -0.4 is 5.32 Å². The van der Waals surface area contributed by atoms with Crippen LogP contribution >= 0.6 is 11.6 Å². The van der Waals surface area contributed by atoms with Crippen LogP contribution in [0.5, 0.6) is 0 Å². The maximum Gasteiger partial charge on any atom is 0.337 e. The Bertz CT molecular complexity index is 578. The van der Waals surface area contributed by atoms with Gasteiger partial charge in [-0.1, -0.05) is 18.0 Å². The Labute approximate surface area is 127 Å². The number of amides is 2. The fraction of sp³-hybridized carbons (Fsp3) is 0.467. The molecule has 2 unspecified atom stereocenters. The van der Waals surface area contributed by atoms with Gasteiger partial charge in [-0.05, 0) is 42.9 Å². The standard InChI is InChI=1S/C15H17ClN2O3/c16-13-6-11(4-5-12(13)14(19)20)17-15(21)18-7-9-2-1-3-10(9)8-18/h4-6,9-10H,1-3,7-8H2,(H,17,21)(H,19,20). The lowest BCUT2D eigenvalue weighted by atomic mass is 10.0. The second kappa shape index (κ2) is 5.56. The van der Waals surface area contributed by atoms with Crippen molar-refractivity contribution in [3.05, 3.63) is 28.8 Å². The van der Waals surface area contributed by atoms with Crippen LogP contribution in [-0.4, -0.2) is 35.1 Å². The number of urea groups is 1.